The highest BCUT2D eigenvalue weighted by molar-refractivity contribution is 6.42. The number of ketones is 1. The quantitative estimate of drug-likeness (QED) is 0.591. The molecule has 5 nitrogen and oxygen atoms in total. The first-order chi connectivity index (χ1) is 9.85. The molecule has 0 aliphatic rings. The SMILES string of the molecule is CCOC(=O)C(CC(=O)c1ccc(Cl)c(Cl)c1)OC(C)=O. The van der Waals surface area contributed by atoms with Gasteiger partial charge in [-0.1, -0.05) is 23.2 Å². The first-order valence-electron chi connectivity index (χ1n) is 6.17. The number of carbonyl (C=O) groups excluding carboxylic acids is 3. The van der Waals surface area contributed by atoms with E-state index in [1.807, 2.05) is 0 Å². The van der Waals surface area contributed by atoms with Crippen LogP contribution < -0.4 is 0 Å². The highest BCUT2D eigenvalue weighted by Gasteiger charge is 2.26. The fraction of sp³-hybridized carbons (Fsp3) is 0.357. The Bertz CT molecular complexity index is 556. The van der Waals surface area contributed by atoms with Crippen LogP contribution in [0, 0.1) is 0 Å². The van der Waals surface area contributed by atoms with Crippen LogP contribution in [-0.2, 0) is 19.1 Å². The van der Waals surface area contributed by atoms with E-state index in [0.717, 1.165) is 6.92 Å². The number of esters is 2. The number of benzene rings is 1. The van der Waals surface area contributed by atoms with Crippen LogP contribution in [0.25, 0.3) is 0 Å². The van der Waals surface area contributed by atoms with E-state index in [2.05, 4.69) is 0 Å². The van der Waals surface area contributed by atoms with E-state index in [1.165, 1.54) is 18.2 Å². The van der Waals surface area contributed by atoms with Crippen LogP contribution in [0.2, 0.25) is 10.0 Å². The summed E-state index contributed by atoms with van der Waals surface area (Å²) in [5.41, 5.74) is 0.269. The molecule has 1 unspecified atom stereocenters. The van der Waals surface area contributed by atoms with Crippen LogP contribution >= 0.6 is 23.2 Å². The third kappa shape index (κ3) is 5.36. The van der Waals surface area contributed by atoms with Crippen LogP contribution in [0.4, 0.5) is 0 Å². The Balaban J connectivity index is 2.86. The Kier molecular flexibility index (Phi) is 6.65. The summed E-state index contributed by atoms with van der Waals surface area (Å²) in [5, 5.41) is 0.540. The van der Waals surface area contributed by atoms with Crippen LogP contribution in [0.15, 0.2) is 18.2 Å². The second-order valence-electron chi connectivity index (χ2n) is 4.11. The number of hydrogen-bond donors (Lipinski definition) is 0. The smallest absolute Gasteiger partial charge is 0.347 e. The molecular formula is C14H14Cl2O5. The molecule has 0 fully saturated rings. The fourth-order valence-corrected chi connectivity index (χ4v) is 1.86. The lowest BCUT2D eigenvalue weighted by Gasteiger charge is -2.15. The van der Waals surface area contributed by atoms with Crippen molar-refractivity contribution >= 4 is 40.9 Å². The van der Waals surface area contributed by atoms with Crippen LogP contribution in [0.1, 0.15) is 30.6 Å². The molecule has 114 valence electrons. The van der Waals surface area contributed by atoms with Crippen LogP contribution in [0.3, 0.4) is 0 Å². The predicted molar refractivity (Wildman–Crippen MR) is 77.6 cm³/mol. The van der Waals surface area contributed by atoms with Crippen molar-refractivity contribution in [3.8, 4) is 0 Å². The molecule has 0 saturated carbocycles. The number of halogens is 2. The summed E-state index contributed by atoms with van der Waals surface area (Å²) in [4.78, 5) is 34.8. The third-order valence-electron chi connectivity index (χ3n) is 2.47. The number of hydrogen-bond acceptors (Lipinski definition) is 5. The summed E-state index contributed by atoms with van der Waals surface area (Å²) < 4.78 is 9.59. The standard InChI is InChI=1S/C14H14Cl2O5/c1-3-20-14(19)13(21-8(2)17)7-12(18)9-4-5-10(15)11(16)6-9/h4-6,13H,3,7H2,1-2H3. The minimum atomic E-state index is -1.27. The van der Waals surface area contributed by atoms with Crippen molar-refractivity contribution in [2.75, 3.05) is 6.61 Å². The molecule has 7 heteroatoms. The summed E-state index contributed by atoms with van der Waals surface area (Å²) in [7, 11) is 0. The fourth-order valence-electron chi connectivity index (χ4n) is 1.56. The van der Waals surface area contributed by atoms with Gasteiger partial charge in [-0.3, -0.25) is 9.59 Å². The Morgan fingerprint density at radius 2 is 1.86 bits per heavy atom. The topological polar surface area (TPSA) is 69.7 Å². The molecule has 0 aromatic heterocycles. The lowest BCUT2D eigenvalue weighted by atomic mass is 10.1. The number of Topliss-reactive ketones (excluding diaryl/α,β-unsaturated/α-hetero) is 1. The summed E-state index contributed by atoms with van der Waals surface area (Å²) in [5.74, 6) is -1.84. The third-order valence-corrected chi connectivity index (χ3v) is 3.21. The van der Waals surface area contributed by atoms with Gasteiger partial charge in [-0.25, -0.2) is 4.79 Å². The van der Waals surface area contributed by atoms with E-state index in [-0.39, 0.29) is 23.6 Å². The Morgan fingerprint density at radius 1 is 1.19 bits per heavy atom. The van der Waals surface area contributed by atoms with Gasteiger partial charge in [-0.05, 0) is 25.1 Å². The van der Waals surface area contributed by atoms with Gasteiger partial charge in [0.15, 0.2) is 5.78 Å². The molecule has 21 heavy (non-hydrogen) atoms. The molecule has 0 N–H and O–H groups in total. The average molecular weight is 333 g/mol. The van der Waals surface area contributed by atoms with Gasteiger partial charge in [-0.15, -0.1) is 0 Å². The minimum absolute atomic E-state index is 0.123. The average Bonchev–Trinajstić information content (AvgIpc) is 2.40. The molecule has 0 amide bonds. The van der Waals surface area contributed by atoms with Crippen molar-refractivity contribution in [1.82, 2.24) is 0 Å². The van der Waals surface area contributed by atoms with Gasteiger partial charge in [0.25, 0.3) is 0 Å². The zero-order valence-electron chi connectivity index (χ0n) is 11.5. The lowest BCUT2D eigenvalue weighted by molar-refractivity contribution is -0.166. The maximum Gasteiger partial charge on any atom is 0.347 e. The maximum atomic E-state index is 12.1. The molecule has 1 aromatic carbocycles. The highest BCUT2D eigenvalue weighted by Crippen LogP contribution is 2.23. The molecule has 0 saturated heterocycles. The maximum absolute atomic E-state index is 12.1. The van der Waals surface area contributed by atoms with Crippen molar-refractivity contribution in [3.05, 3.63) is 33.8 Å². The van der Waals surface area contributed by atoms with E-state index in [0.29, 0.717) is 5.02 Å². The molecule has 0 radical (unpaired) electrons. The number of ether oxygens (including phenoxy) is 2. The first kappa shape index (κ1) is 17.5. The van der Waals surface area contributed by atoms with E-state index in [9.17, 15) is 14.4 Å². The number of carbonyl (C=O) groups is 3. The summed E-state index contributed by atoms with van der Waals surface area (Å²) in [6, 6.07) is 4.34. The summed E-state index contributed by atoms with van der Waals surface area (Å²) in [6.45, 7) is 2.89. The van der Waals surface area contributed by atoms with Crippen molar-refractivity contribution in [2.24, 2.45) is 0 Å². The zero-order valence-corrected chi connectivity index (χ0v) is 13.0. The predicted octanol–water partition coefficient (Wildman–Crippen LogP) is 3.06. The lowest BCUT2D eigenvalue weighted by Crippen LogP contribution is -2.31. The van der Waals surface area contributed by atoms with Gasteiger partial charge < -0.3 is 9.47 Å². The van der Waals surface area contributed by atoms with Gasteiger partial charge in [0, 0.05) is 12.5 Å². The molecule has 0 aliphatic heterocycles. The molecule has 0 spiro atoms. The van der Waals surface area contributed by atoms with Crippen molar-refractivity contribution in [2.45, 2.75) is 26.4 Å². The second-order valence-corrected chi connectivity index (χ2v) is 4.92. The Labute approximate surface area is 132 Å². The zero-order chi connectivity index (χ0) is 16.0. The molecule has 0 heterocycles. The second kappa shape index (κ2) is 8.00. The summed E-state index contributed by atoms with van der Waals surface area (Å²) >= 11 is 11.6. The van der Waals surface area contributed by atoms with E-state index in [4.69, 9.17) is 32.7 Å². The van der Waals surface area contributed by atoms with Crippen LogP contribution in [0.5, 0.6) is 0 Å². The van der Waals surface area contributed by atoms with Gasteiger partial charge in [-0.2, -0.15) is 0 Å². The van der Waals surface area contributed by atoms with E-state index in [1.54, 1.807) is 6.92 Å². The summed E-state index contributed by atoms with van der Waals surface area (Å²) in [6.07, 6.45) is -1.60. The minimum Gasteiger partial charge on any atom is -0.463 e. The first-order valence-corrected chi connectivity index (χ1v) is 6.92. The van der Waals surface area contributed by atoms with E-state index >= 15 is 0 Å². The Hall–Kier alpha value is -1.59. The van der Waals surface area contributed by atoms with E-state index < -0.39 is 23.8 Å². The molecule has 0 aliphatic carbocycles. The van der Waals surface area contributed by atoms with Gasteiger partial charge in [0.05, 0.1) is 23.1 Å². The molecule has 1 atom stereocenters. The van der Waals surface area contributed by atoms with Gasteiger partial charge in [0.2, 0.25) is 6.10 Å². The normalized spacial score (nSPS) is 11.6. The molecule has 0 bridgehead atoms. The van der Waals surface area contributed by atoms with Crippen molar-refractivity contribution in [3.63, 3.8) is 0 Å². The Morgan fingerprint density at radius 3 is 2.38 bits per heavy atom. The van der Waals surface area contributed by atoms with Gasteiger partial charge in [0.1, 0.15) is 0 Å². The molecule has 1 aromatic rings. The largest absolute Gasteiger partial charge is 0.463 e. The molecular weight excluding hydrogens is 319 g/mol. The van der Waals surface area contributed by atoms with Crippen molar-refractivity contribution in [1.29, 1.82) is 0 Å². The number of rotatable bonds is 6. The van der Waals surface area contributed by atoms with Crippen LogP contribution in [-0.4, -0.2) is 30.4 Å². The van der Waals surface area contributed by atoms with Gasteiger partial charge >= 0.3 is 11.9 Å². The highest BCUT2D eigenvalue weighted by atomic mass is 35.5. The van der Waals surface area contributed by atoms with Crippen molar-refractivity contribution < 1.29 is 23.9 Å². The monoisotopic (exact) mass is 332 g/mol. The molecule has 1 rings (SSSR count).